The van der Waals surface area contributed by atoms with Gasteiger partial charge in [0, 0.05) is 38.9 Å². The maximum atomic E-state index is 11.8. The SMILES string of the molecule is CCOCCN(CCOCC)CC(C)(NC(C)C)C(N)=O. The molecule has 0 saturated heterocycles. The Hall–Kier alpha value is -0.690. The molecule has 0 bridgehead atoms. The fourth-order valence-electron chi connectivity index (χ4n) is 2.22. The van der Waals surface area contributed by atoms with Crippen LogP contribution in [0.3, 0.4) is 0 Å². The van der Waals surface area contributed by atoms with Gasteiger partial charge in [0.2, 0.25) is 5.91 Å². The van der Waals surface area contributed by atoms with Crippen molar-refractivity contribution in [3.05, 3.63) is 0 Å². The number of nitrogens with two attached hydrogens (primary N) is 1. The molecule has 0 aliphatic carbocycles. The van der Waals surface area contributed by atoms with Crippen LogP contribution in [-0.2, 0) is 14.3 Å². The zero-order chi connectivity index (χ0) is 16.3. The van der Waals surface area contributed by atoms with Crippen molar-refractivity contribution in [2.45, 2.75) is 46.2 Å². The van der Waals surface area contributed by atoms with Crippen LogP contribution in [0, 0.1) is 0 Å². The van der Waals surface area contributed by atoms with Crippen LogP contribution >= 0.6 is 0 Å². The van der Waals surface area contributed by atoms with Crippen LogP contribution in [0.25, 0.3) is 0 Å². The highest BCUT2D eigenvalue weighted by Gasteiger charge is 2.33. The lowest BCUT2D eigenvalue weighted by Crippen LogP contribution is -2.61. The third-order valence-corrected chi connectivity index (χ3v) is 3.20. The summed E-state index contributed by atoms with van der Waals surface area (Å²) < 4.78 is 10.8. The normalized spacial score (nSPS) is 14.6. The molecule has 0 aromatic heterocycles. The Morgan fingerprint density at radius 1 is 1.19 bits per heavy atom. The van der Waals surface area contributed by atoms with Gasteiger partial charge in [0.05, 0.1) is 13.2 Å². The van der Waals surface area contributed by atoms with Gasteiger partial charge in [0.15, 0.2) is 0 Å². The first-order valence-corrected chi connectivity index (χ1v) is 7.81. The number of nitrogens with zero attached hydrogens (tertiary/aromatic N) is 1. The van der Waals surface area contributed by atoms with Crippen molar-refractivity contribution in [1.29, 1.82) is 0 Å². The minimum absolute atomic E-state index is 0.183. The van der Waals surface area contributed by atoms with Crippen LogP contribution in [0.15, 0.2) is 0 Å². The molecule has 3 N–H and O–H groups in total. The highest BCUT2D eigenvalue weighted by molar-refractivity contribution is 5.84. The highest BCUT2D eigenvalue weighted by Crippen LogP contribution is 2.08. The van der Waals surface area contributed by atoms with Crippen LogP contribution in [0.1, 0.15) is 34.6 Å². The van der Waals surface area contributed by atoms with Gasteiger partial charge < -0.3 is 20.5 Å². The molecule has 1 unspecified atom stereocenters. The van der Waals surface area contributed by atoms with E-state index in [9.17, 15) is 4.79 Å². The number of hydrogen-bond donors (Lipinski definition) is 2. The summed E-state index contributed by atoms with van der Waals surface area (Å²) in [4.78, 5) is 14.0. The van der Waals surface area contributed by atoms with Crippen molar-refractivity contribution in [3.8, 4) is 0 Å². The first kappa shape index (κ1) is 20.3. The largest absolute Gasteiger partial charge is 0.380 e. The second kappa shape index (κ2) is 11.0. The lowest BCUT2D eigenvalue weighted by atomic mass is 9.99. The number of carbonyl (C=O) groups is 1. The molecule has 0 spiro atoms. The molecule has 0 aliphatic heterocycles. The molecule has 0 rings (SSSR count). The van der Waals surface area contributed by atoms with Crippen molar-refractivity contribution in [2.75, 3.05) is 46.1 Å². The van der Waals surface area contributed by atoms with Gasteiger partial charge in [0.1, 0.15) is 5.54 Å². The van der Waals surface area contributed by atoms with Crippen LogP contribution in [0.5, 0.6) is 0 Å². The van der Waals surface area contributed by atoms with Gasteiger partial charge in [-0.2, -0.15) is 0 Å². The summed E-state index contributed by atoms with van der Waals surface area (Å²) in [5, 5.41) is 3.27. The molecule has 126 valence electrons. The topological polar surface area (TPSA) is 76.8 Å². The van der Waals surface area contributed by atoms with E-state index in [2.05, 4.69) is 10.2 Å². The molecule has 6 nitrogen and oxygen atoms in total. The number of amides is 1. The lowest BCUT2D eigenvalue weighted by Gasteiger charge is -2.35. The van der Waals surface area contributed by atoms with Gasteiger partial charge >= 0.3 is 0 Å². The Labute approximate surface area is 129 Å². The number of ether oxygens (including phenoxy) is 2. The maximum absolute atomic E-state index is 11.8. The Balaban J connectivity index is 4.65. The molecule has 21 heavy (non-hydrogen) atoms. The first-order valence-electron chi connectivity index (χ1n) is 7.81. The number of rotatable bonds is 13. The average molecular weight is 303 g/mol. The lowest BCUT2D eigenvalue weighted by molar-refractivity contribution is -0.125. The van der Waals surface area contributed by atoms with E-state index >= 15 is 0 Å². The van der Waals surface area contributed by atoms with Crippen molar-refractivity contribution in [3.63, 3.8) is 0 Å². The van der Waals surface area contributed by atoms with Gasteiger partial charge in [-0.05, 0) is 34.6 Å². The third kappa shape index (κ3) is 9.03. The minimum atomic E-state index is -0.757. The zero-order valence-corrected chi connectivity index (χ0v) is 14.3. The number of hydrogen-bond acceptors (Lipinski definition) is 5. The Morgan fingerprint density at radius 2 is 1.67 bits per heavy atom. The van der Waals surface area contributed by atoms with Crippen molar-refractivity contribution in [1.82, 2.24) is 10.2 Å². The van der Waals surface area contributed by atoms with E-state index in [-0.39, 0.29) is 11.9 Å². The predicted octanol–water partition coefficient (Wildman–Crippen LogP) is 0.603. The molecule has 0 heterocycles. The molecule has 0 aromatic carbocycles. The van der Waals surface area contributed by atoms with Crippen molar-refractivity contribution >= 4 is 5.91 Å². The van der Waals surface area contributed by atoms with Crippen LogP contribution in [0.4, 0.5) is 0 Å². The second-order valence-corrected chi connectivity index (χ2v) is 5.67. The molecule has 0 aliphatic rings. The first-order chi connectivity index (χ1) is 9.85. The molecule has 1 amide bonds. The standard InChI is InChI=1S/C15H33N3O3/c1-6-20-10-8-18(9-11-21-7-2)12-15(5,14(16)19)17-13(3)4/h13,17H,6-12H2,1-5H3,(H2,16,19). The fourth-order valence-corrected chi connectivity index (χ4v) is 2.22. The minimum Gasteiger partial charge on any atom is -0.380 e. The molecule has 0 aromatic rings. The fraction of sp³-hybridized carbons (Fsp3) is 0.933. The maximum Gasteiger partial charge on any atom is 0.238 e. The molecule has 0 radical (unpaired) electrons. The van der Waals surface area contributed by atoms with E-state index in [1.54, 1.807) is 0 Å². The Kier molecular flexibility index (Phi) is 10.6. The summed E-state index contributed by atoms with van der Waals surface area (Å²) in [6.07, 6.45) is 0. The van der Waals surface area contributed by atoms with E-state index in [1.807, 2.05) is 34.6 Å². The van der Waals surface area contributed by atoms with Crippen molar-refractivity contribution in [2.24, 2.45) is 5.73 Å². The third-order valence-electron chi connectivity index (χ3n) is 3.20. The molecule has 0 saturated carbocycles. The van der Waals surface area contributed by atoms with Gasteiger partial charge in [-0.1, -0.05) is 0 Å². The molecular weight excluding hydrogens is 270 g/mol. The predicted molar refractivity (Wildman–Crippen MR) is 85.3 cm³/mol. The Morgan fingerprint density at radius 3 is 2.00 bits per heavy atom. The van der Waals surface area contributed by atoms with E-state index in [1.165, 1.54) is 0 Å². The summed E-state index contributed by atoms with van der Waals surface area (Å²) in [7, 11) is 0. The van der Waals surface area contributed by atoms with Crippen LogP contribution in [0.2, 0.25) is 0 Å². The monoisotopic (exact) mass is 303 g/mol. The second-order valence-electron chi connectivity index (χ2n) is 5.67. The molecule has 6 heteroatoms. The number of carbonyl (C=O) groups excluding carboxylic acids is 1. The van der Waals surface area contributed by atoms with E-state index in [0.29, 0.717) is 33.0 Å². The van der Waals surface area contributed by atoms with E-state index in [0.717, 1.165) is 13.1 Å². The summed E-state index contributed by atoms with van der Waals surface area (Å²) in [6.45, 7) is 14.5. The Bertz CT molecular complexity index is 277. The van der Waals surface area contributed by atoms with Gasteiger partial charge in [-0.25, -0.2) is 0 Å². The number of primary amides is 1. The molecule has 0 fully saturated rings. The van der Waals surface area contributed by atoms with Gasteiger partial charge in [-0.15, -0.1) is 0 Å². The van der Waals surface area contributed by atoms with Gasteiger partial charge in [0.25, 0.3) is 0 Å². The zero-order valence-electron chi connectivity index (χ0n) is 14.3. The highest BCUT2D eigenvalue weighted by atomic mass is 16.5. The van der Waals surface area contributed by atoms with Crippen LogP contribution < -0.4 is 11.1 Å². The van der Waals surface area contributed by atoms with Crippen molar-refractivity contribution < 1.29 is 14.3 Å². The molecule has 1 atom stereocenters. The van der Waals surface area contributed by atoms with E-state index in [4.69, 9.17) is 15.2 Å². The number of nitrogens with one attached hydrogen (secondary N) is 1. The summed E-state index contributed by atoms with van der Waals surface area (Å²) in [5.74, 6) is -0.339. The van der Waals surface area contributed by atoms with Crippen LogP contribution in [-0.4, -0.2) is 68.4 Å². The quantitative estimate of drug-likeness (QED) is 0.487. The molecular formula is C15H33N3O3. The summed E-state index contributed by atoms with van der Waals surface area (Å²) in [6, 6.07) is 0.183. The van der Waals surface area contributed by atoms with E-state index < -0.39 is 5.54 Å². The average Bonchev–Trinajstić information content (AvgIpc) is 2.37. The smallest absolute Gasteiger partial charge is 0.238 e. The summed E-state index contributed by atoms with van der Waals surface area (Å²) in [5.41, 5.74) is 4.83. The van der Waals surface area contributed by atoms with Gasteiger partial charge in [-0.3, -0.25) is 9.69 Å². The summed E-state index contributed by atoms with van der Waals surface area (Å²) >= 11 is 0.